The molecule has 0 atom stereocenters. The first-order valence-electron chi connectivity index (χ1n) is 8.09. The summed E-state index contributed by atoms with van der Waals surface area (Å²) in [5.41, 5.74) is 4.09. The van der Waals surface area contributed by atoms with Crippen molar-refractivity contribution in [1.82, 2.24) is 4.90 Å². The summed E-state index contributed by atoms with van der Waals surface area (Å²) in [7, 11) is 0. The van der Waals surface area contributed by atoms with Gasteiger partial charge in [0.05, 0.1) is 12.1 Å². The number of carbonyl (C=O) groups is 2. The molecule has 2 amide bonds. The Bertz CT molecular complexity index is 908. The fraction of sp³-hybridized carbons (Fsp3) is 0.316. The zero-order valence-electron chi connectivity index (χ0n) is 14.5. The van der Waals surface area contributed by atoms with E-state index in [1.807, 2.05) is 26.0 Å². The van der Waals surface area contributed by atoms with Gasteiger partial charge in [-0.1, -0.05) is 17.7 Å². The first-order valence-corrected chi connectivity index (χ1v) is 8.91. The average molecular weight is 353 g/mol. The van der Waals surface area contributed by atoms with Crippen LogP contribution in [0.2, 0.25) is 0 Å². The minimum absolute atomic E-state index is 0.0263. The zero-order valence-corrected chi connectivity index (χ0v) is 15.3. The molecule has 0 fully saturated rings. The van der Waals surface area contributed by atoms with Gasteiger partial charge in [0.25, 0.3) is 5.91 Å². The van der Waals surface area contributed by atoms with Crippen molar-refractivity contribution in [3.05, 3.63) is 50.9 Å². The molecule has 1 N–H and O–H groups in total. The lowest BCUT2D eigenvalue weighted by Crippen LogP contribution is -2.33. The van der Waals surface area contributed by atoms with E-state index in [-0.39, 0.29) is 11.8 Å². The van der Waals surface area contributed by atoms with Gasteiger partial charge in [-0.2, -0.15) is 5.26 Å². The summed E-state index contributed by atoms with van der Waals surface area (Å²) >= 11 is 1.39. The monoisotopic (exact) mass is 353 g/mol. The first-order chi connectivity index (χ1) is 11.9. The molecule has 1 aromatic carbocycles. The summed E-state index contributed by atoms with van der Waals surface area (Å²) in [6, 6.07) is 7.89. The van der Waals surface area contributed by atoms with E-state index < -0.39 is 0 Å². The van der Waals surface area contributed by atoms with Crippen LogP contribution in [0.5, 0.6) is 0 Å². The maximum atomic E-state index is 12.6. The lowest BCUT2D eigenvalue weighted by molar-refractivity contribution is -0.129. The second-order valence-corrected chi connectivity index (χ2v) is 7.39. The molecule has 6 heteroatoms. The number of carbonyl (C=O) groups excluding carboxylic acids is 2. The molecular weight excluding hydrogens is 334 g/mol. The molecular formula is C19H19N3O2S. The number of nitriles is 1. The highest BCUT2D eigenvalue weighted by Gasteiger charge is 2.26. The number of nitrogens with one attached hydrogen (secondary N) is 1. The van der Waals surface area contributed by atoms with Crippen LogP contribution in [0.1, 0.15) is 44.4 Å². The Balaban J connectivity index is 1.90. The molecule has 5 nitrogen and oxygen atoms in total. The molecule has 1 aliphatic heterocycles. The van der Waals surface area contributed by atoms with Crippen molar-refractivity contribution in [2.24, 2.45) is 0 Å². The maximum absolute atomic E-state index is 12.6. The molecule has 3 rings (SSSR count). The number of aryl methyl sites for hydroxylation is 2. The lowest BCUT2D eigenvalue weighted by Gasteiger charge is -2.25. The van der Waals surface area contributed by atoms with Crippen LogP contribution in [0.4, 0.5) is 5.00 Å². The molecule has 0 saturated carbocycles. The number of thiophene rings is 1. The Morgan fingerprint density at radius 2 is 2.08 bits per heavy atom. The van der Waals surface area contributed by atoms with Gasteiger partial charge in [-0.05, 0) is 37.5 Å². The molecule has 0 radical (unpaired) electrons. The van der Waals surface area contributed by atoms with Crippen LogP contribution in [-0.4, -0.2) is 23.3 Å². The number of anilines is 1. The summed E-state index contributed by atoms with van der Waals surface area (Å²) < 4.78 is 0. The Kier molecular flexibility index (Phi) is 4.60. The number of nitrogens with zero attached hydrogens (tertiary/aromatic N) is 2. The van der Waals surface area contributed by atoms with Crippen molar-refractivity contribution >= 4 is 28.2 Å². The third-order valence-electron chi connectivity index (χ3n) is 4.47. The van der Waals surface area contributed by atoms with Crippen molar-refractivity contribution in [3.63, 3.8) is 0 Å². The Labute approximate surface area is 150 Å². The first kappa shape index (κ1) is 17.2. The maximum Gasteiger partial charge on any atom is 0.256 e. The Morgan fingerprint density at radius 3 is 2.72 bits per heavy atom. The van der Waals surface area contributed by atoms with Crippen LogP contribution in [0.3, 0.4) is 0 Å². The van der Waals surface area contributed by atoms with Gasteiger partial charge in [0.15, 0.2) is 0 Å². The summed E-state index contributed by atoms with van der Waals surface area (Å²) in [5.74, 6) is -0.186. The second kappa shape index (κ2) is 6.69. The van der Waals surface area contributed by atoms with Gasteiger partial charge in [-0.3, -0.25) is 9.59 Å². The van der Waals surface area contributed by atoms with E-state index >= 15 is 0 Å². The molecule has 1 aliphatic rings. The van der Waals surface area contributed by atoms with E-state index in [4.69, 9.17) is 0 Å². The van der Waals surface area contributed by atoms with Crippen LogP contribution >= 0.6 is 11.3 Å². The van der Waals surface area contributed by atoms with Crippen molar-refractivity contribution in [1.29, 1.82) is 5.26 Å². The predicted molar refractivity (Wildman–Crippen MR) is 97.7 cm³/mol. The number of fused-ring (bicyclic) bond motifs is 1. The average Bonchev–Trinajstić information content (AvgIpc) is 2.90. The quantitative estimate of drug-likeness (QED) is 0.899. The highest BCUT2D eigenvalue weighted by atomic mass is 32.1. The fourth-order valence-electron chi connectivity index (χ4n) is 3.12. The minimum Gasteiger partial charge on any atom is -0.337 e. The summed E-state index contributed by atoms with van der Waals surface area (Å²) in [6.07, 6.45) is 0.647. The summed E-state index contributed by atoms with van der Waals surface area (Å²) in [6.45, 7) is 6.54. The van der Waals surface area contributed by atoms with Gasteiger partial charge in [-0.25, -0.2) is 0 Å². The van der Waals surface area contributed by atoms with Gasteiger partial charge in [0, 0.05) is 23.9 Å². The standard InChI is InChI=1S/C19H19N3O2S/c1-11-4-5-14(12(2)8-11)18(24)21-19-16(9-20)15-6-7-22(13(3)23)10-17(15)25-19/h4-5,8H,6-7,10H2,1-3H3,(H,21,24). The van der Waals surface area contributed by atoms with E-state index in [0.717, 1.165) is 21.6 Å². The highest BCUT2D eigenvalue weighted by molar-refractivity contribution is 7.16. The normalized spacial score (nSPS) is 13.1. The summed E-state index contributed by atoms with van der Waals surface area (Å²) in [5, 5.41) is 13.0. The third kappa shape index (κ3) is 3.28. The Morgan fingerprint density at radius 1 is 1.32 bits per heavy atom. The molecule has 2 heterocycles. The van der Waals surface area contributed by atoms with Crippen molar-refractivity contribution < 1.29 is 9.59 Å². The van der Waals surface area contributed by atoms with Crippen molar-refractivity contribution in [2.75, 3.05) is 11.9 Å². The van der Waals surface area contributed by atoms with Gasteiger partial charge in [-0.15, -0.1) is 11.3 Å². The van der Waals surface area contributed by atoms with E-state index in [9.17, 15) is 14.9 Å². The van der Waals surface area contributed by atoms with Crippen LogP contribution in [-0.2, 0) is 17.8 Å². The molecule has 0 unspecified atom stereocenters. The van der Waals surface area contributed by atoms with Crippen molar-refractivity contribution in [3.8, 4) is 6.07 Å². The molecule has 0 saturated heterocycles. The molecule has 1 aromatic heterocycles. The van der Waals surface area contributed by atoms with E-state index in [0.29, 0.717) is 35.6 Å². The van der Waals surface area contributed by atoms with Crippen LogP contribution < -0.4 is 5.32 Å². The number of rotatable bonds is 2. The molecule has 0 bridgehead atoms. The SMILES string of the molecule is CC(=O)N1CCc2c(sc(NC(=O)c3ccc(C)cc3C)c2C#N)C1. The number of hydrogen-bond donors (Lipinski definition) is 1. The smallest absolute Gasteiger partial charge is 0.256 e. The lowest BCUT2D eigenvalue weighted by atomic mass is 10.0. The van der Waals surface area contributed by atoms with E-state index in [1.165, 1.54) is 11.3 Å². The summed E-state index contributed by atoms with van der Waals surface area (Å²) in [4.78, 5) is 27.0. The molecule has 128 valence electrons. The number of benzene rings is 1. The molecule has 2 aromatic rings. The minimum atomic E-state index is -0.212. The number of amides is 2. The van der Waals surface area contributed by atoms with Crippen LogP contribution in [0, 0.1) is 25.2 Å². The number of hydrogen-bond acceptors (Lipinski definition) is 4. The van der Waals surface area contributed by atoms with Gasteiger partial charge >= 0.3 is 0 Å². The predicted octanol–water partition coefficient (Wildman–Crippen LogP) is 3.39. The molecule has 0 spiro atoms. The Hall–Kier alpha value is -2.65. The van der Waals surface area contributed by atoms with Gasteiger partial charge < -0.3 is 10.2 Å². The molecule has 0 aliphatic carbocycles. The van der Waals surface area contributed by atoms with Crippen LogP contribution in [0.25, 0.3) is 0 Å². The van der Waals surface area contributed by atoms with Crippen molar-refractivity contribution in [2.45, 2.75) is 33.7 Å². The second-order valence-electron chi connectivity index (χ2n) is 6.28. The van der Waals surface area contributed by atoms with Crippen LogP contribution in [0.15, 0.2) is 18.2 Å². The van der Waals surface area contributed by atoms with E-state index in [1.54, 1.807) is 17.9 Å². The van der Waals surface area contributed by atoms with E-state index in [2.05, 4.69) is 11.4 Å². The largest absolute Gasteiger partial charge is 0.337 e. The zero-order chi connectivity index (χ0) is 18.1. The fourth-order valence-corrected chi connectivity index (χ4v) is 4.33. The van der Waals surface area contributed by atoms with Gasteiger partial charge in [0.2, 0.25) is 5.91 Å². The third-order valence-corrected chi connectivity index (χ3v) is 5.60. The topological polar surface area (TPSA) is 73.2 Å². The molecule has 25 heavy (non-hydrogen) atoms. The highest BCUT2D eigenvalue weighted by Crippen LogP contribution is 2.37. The van der Waals surface area contributed by atoms with Gasteiger partial charge in [0.1, 0.15) is 11.1 Å².